The van der Waals surface area contributed by atoms with Crippen molar-refractivity contribution in [2.45, 2.75) is 12.0 Å². The standard InChI is InChI=1S/C6H9NO2/c1-2-6(7)3-4(6)5(8)9/h2,4H,1,3,7H2,(H,8,9)/t4-,6+/m0/s1. The number of carbonyl (C=O) groups is 1. The van der Waals surface area contributed by atoms with Crippen molar-refractivity contribution in [3.8, 4) is 0 Å². The van der Waals surface area contributed by atoms with Gasteiger partial charge in [0.05, 0.1) is 5.92 Å². The third kappa shape index (κ3) is 0.833. The van der Waals surface area contributed by atoms with Crippen LogP contribution in [0.4, 0.5) is 0 Å². The summed E-state index contributed by atoms with van der Waals surface area (Å²) in [7, 11) is 0. The predicted molar refractivity (Wildman–Crippen MR) is 32.9 cm³/mol. The Morgan fingerprint density at radius 1 is 2.00 bits per heavy atom. The first kappa shape index (κ1) is 6.29. The maximum absolute atomic E-state index is 10.2. The lowest BCUT2D eigenvalue weighted by Crippen LogP contribution is -2.24. The molecule has 2 atom stereocenters. The van der Waals surface area contributed by atoms with Gasteiger partial charge in [0.1, 0.15) is 0 Å². The molecule has 1 rings (SSSR count). The van der Waals surface area contributed by atoms with Gasteiger partial charge in [0.25, 0.3) is 0 Å². The Morgan fingerprint density at radius 3 is 2.67 bits per heavy atom. The molecule has 0 aromatic rings. The molecule has 0 bridgehead atoms. The van der Waals surface area contributed by atoms with Crippen LogP contribution < -0.4 is 5.73 Å². The molecular weight excluding hydrogens is 118 g/mol. The van der Waals surface area contributed by atoms with Gasteiger partial charge in [-0.2, -0.15) is 0 Å². The van der Waals surface area contributed by atoms with Crippen LogP contribution >= 0.6 is 0 Å². The zero-order chi connectivity index (χ0) is 7.07. The fourth-order valence-electron chi connectivity index (χ4n) is 0.837. The molecule has 3 heteroatoms. The summed E-state index contributed by atoms with van der Waals surface area (Å²) in [5, 5.41) is 8.39. The minimum Gasteiger partial charge on any atom is -0.481 e. The molecule has 9 heavy (non-hydrogen) atoms. The highest BCUT2D eigenvalue weighted by Crippen LogP contribution is 2.41. The normalized spacial score (nSPS) is 39.9. The predicted octanol–water partition coefficient (Wildman–Crippen LogP) is -0.0256. The van der Waals surface area contributed by atoms with Gasteiger partial charge in [-0.05, 0) is 6.42 Å². The van der Waals surface area contributed by atoms with Crippen LogP contribution in [0.25, 0.3) is 0 Å². The van der Waals surface area contributed by atoms with Crippen LogP contribution in [0.15, 0.2) is 12.7 Å². The molecule has 1 saturated carbocycles. The summed E-state index contributed by atoms with van der Waals surface area (Å²) in [5.74, 6) is -1.22. The van der Waals surface area contributed by atoms with Gasteiger partial charge in [-0.15, -0.1) is 6.58 Å². The molecule has 3 nitrogen and oxygen atoms in total. The highest BCUT2D eigenvalue weighted by molar-refractivity contribution is 5.76. The number of carboxylic acid groups (broad SMARTS) is 1. The van der Waals surface area contributed by atoms with Crippen LogP contribution in [0.1, 0.15) is 6.42 Å². The maximum Gasteiger partial charge on any atom is 0.308 e. The van der Waals surface area contributed by atoms with E-state index < -0.39 is 17.4 Å². The highest BCUT2D eigenvalue weighted by Gasteiger charge is 2.53. The zero-order valence-electron chi connectivity index (χ0n) is 5.00. The number of carboxylic acids is 1. The van der Waals surface area contributed by atoms with Gasteiger partial charge in [-0.25, -0.2) is 0 Å². The Labute approximate surface area is 53.2 Å². The van der Waals surface area contributed by atoms with Gasteiger partial charge < -0.3 is 10.8 Å². The zero-order valence-corrected chi connectivity index (χ0v) is 5.00. The molecule has 0 saturated heterocycles. The molecule has 0 unspecified atom stereocenters. The molecule has 1 aliphatic carbocycles. The van der Waals surface area contributed by atoms with Gasteiger partial charge in [0.15, 0.2) is 0 Å². The van der Waals surface area contributed by atoms with Gasteiger partial charge >= 0.3 is 5.97 Å². The summed E-state index contributed by atoms with van der Waals surface area (Å²) in [6.45, 7) is 3.44. The lowest BCUT2D eigenvalue weighted by atomic mass is 10.2. The van der Waals surface area contributed by atoms with Crippen molar-refractivity contribution >= 4 is 5.97 Å². The van der Waals surface area contributed by atoms with Crippen molar-refractivity contribution in [2.75, 3.05) is 0 Å². The average molecular weight is 127 g/mol. The van der Waals surface area contributed by atoms with E-state index in [1.165, 1.54) is 6.08 Å². The molecule has 0 spiro atoms. The van der Waals surface area contributed by atoms with Crippen LogP contribution in [0.2, 0.25) is 0 Å². The van der Waals surface area contributed by atoms with Crippen LogP contribution in [0.5, 0.6) is 0 Å². The average Bonchev–Trinajstić information content (AvgIpc) is 2.44. The van der Waals surface area contributed by atoms with E-state index in [1.54, 1.807) is 0 Å². The van der Waals surface area contributed by atoms with Crippen molar-refractivity contribution in [2.24, 2.45) is 11.7 Å². The molecular formula is C6H9NO2. The third-order valence-corrected chi connectivity index (χ3v) is 1.72. The van der Waals surface area contributed by atoms with Crippen LogP contribution in [0.3, 0.4) is 0 Å². The highest BCUT2D eigenvalue weighted by atomic mass is 16.4. The minimum absolute atomic E-state index is 0.394. The van der Waals surface area contributed by atoms with E-state index in [2.05, 4.69) is 6.58 Å². The largest absolute Gasteiger partial charge is 0.481 e. The Kier molecular flexibility index (Phi) is 1.10. The van der Waals surface area contributed by atoms with Gasteiger partial charge in [0, 0.05) is 5.54 Å². The van der Waals surface area contributed by atoms with Crippen molar-refractivity contribution in [3.05, 3.63) is 12.7 Å². The smallest absolute Gasteiger partial charge is 0.308 e. The van der Waals surface area contributed by atoms with Crippen molar-refractivity contribution < 1.29 is 9.90 Å². The molecule has 1 aliphatic rings. The second-order valence-corrected chi connectivity index (χ2v) is 2.41. The molecule has 0 radical (unpaired) electrons. The van der Waals surface area contributed by atoms with Gasteiger partial charge in [0.2, 0.25) is 0 Å². The van der Waals surface area contributed by atoms with Crippen molar-refractivity contribution in [1.82, 2.24) is 0 Å². The van der Waals surface area contributed by atoms with E-state index in [4.69, 9.17) is 10.8 Å². The maximum atomic E-state index is 10.2. The van der Waals surface area contributed by atoms with E-state index in [9.17, 15) is 4.79 Å². The van der Waals surface area contributed by atoms with E-state index in [0.717, 1.165) is 0 Å². The third-order valence-electron chi connectivity index (χ3n) is 1.72. The lowest BCUT2D eigenvalue weighted by molar-refractivity contribution is -0.138. The monoisotopic (exact) mass is 127 g/mol. The lowest BCUT2D eigenvalue weighted by Gasteiger charge is -1.98. The minimum atomic E-state index is -0.822. The Bertz CT molecular complexity index is 166. The molecule has 0 heterocycles. The Hall–Kier alpha value is -0.830. The summed E-state index contributed by atoms with van der Waals surface area (Å²) < 4.78 is 0. The molecule has 50 valence electrons. The van der Waals surface area contributed by atoms with Gasteiger partial charge in [-0.3, -0.25) is 4.79 Å². The second kappa shape index (κ2) is 1.57. The van der Waals surface area contributed by atoms with Crippen LogP contribution in [0, 0.1) is 5.92 Å². The number of aliphatic carboxylic acids is 1. The molecule has 0 aromatic carbocycles. The summed E-state index contributed by atoms with van der Waals surface area (Å²) in [6.07, 6.45) is 2.04. The molecule has 3 N–H and O–H groups in total. The quantitative estimate of drug-likeness (QED) is 0.512. The molecule has 0 amide bonds. The fourth-order valence-corrected chi connectivity index (χ4v) is 0.837. The molecule has 0 aliphatic heterocycles. The molecule has 0 aromatic heterocycles. The summed E-state index contributed by atoms with van der Waals surface area (Å²) in [5.41, 5.74) is 4.89. The van der Waals surface area contributed by atoms with E-state index in [1.807, 2.05) is 0 Å². The van der Waals surface area contributed by atoms with Crippen LogP contribution in [-0.4, -0.2) is 16.6 Å². The summed E-state index contributed by atoms with van der Waals surface area (Å²) in [6, 6.07) is 0. The topological polar surface area (TPSA) is 63.3 Å². The van der Waals surface area contributed by atoms with E-state index in [0.29, 0.717) is 6.42 Å². The Morgan fingerprint density at radius 2 is 2.56 bits per heavy atom. The molecule has 1 fully saturated rings. The van der Waals surface area contributed by atoms with E-state index >= 15 is 0 Å². The number of rotatable bonds is 2. The first-order valence-corrected chi connectivity index (χ1v) is 2.75. The van der Waals surface area contributed by atoms with Crippen molar-refractivity contribution in [1.29, 1.82) is 0 Å². The number of hydrogen-bond acceptors (Lipinski definition) is 2. The number of nitrogens with two attached hydrogens (primary N) is 1. The second-order valence-electron chi connectivity index (χ2n) is 2.41. The first-order chi connectivity index (χ1) is 4.10. The summed E-state index contributed by atoms with van der Waals surface area (Å²) >= 11 is 0. The first-order valence-electron chi connectivity index (χ1n) is 2.75. The fraction of sp³-hybridized carbons (Fsp3) is 0.500. The number of hydrogen-bond donors (Lipinski definition) is 2. The van der Waals surface area contributed by atoms with Crippen molar-refractivity contribution in [3.63, 3.8) is 0 Å². The van der Waals surface area contributed by atoms with Gasteiger partial charge in [-0.1, -0.05) is 6.08 Å². The van der Waals surface area contributed by atoms with E-state index in [-0.39, 0.29) is 0 Å². The van der Waals surface area contributed by atoms with Crippen LogP contribution in [-0.2, 0) is 4.79 Å². The SMILES string of the molecule is C=C[C@@]1(N)C[C@H]1C(=O)O. The summed E-state index contributed by atoms with van der Waals surface area (Å²) in [4.78, 5) is 10.2. The Balaban J connectivity index is 2.57.